The summed E-state index contributed by atoms with van der Waals surface area (Å²) in [5, 5.41) is 7.81. The molecule has 0 aliphatic carbocycles. The third-order valence-electron chi connectivity index (χ3n) is 5.96. The SMILES string of the molecule is CCNc1ccc2c(c1)C(c1c(CN3CCCC3)[nH]c3ccccc13)NC2=O.NC=O. The number of likely N-dealkylation sites (tertiary alicyclic amines) is 1. The lowest BCUT2D eigenvalue weighted by Gasteiger charge is -2.19. The number of primary amides is 1. The highest BCUT2D eigenvalue weighted by Gasteiger charge is 2.33. The van der Waals surface area contributed by atoms with Crippen LogP contribution in [0.3, 0.4) is 0 Å². The van der Waals surface area contributed by atoms with Gasteiger partial charge >= 0.3 is 0 Å². The Morgan fingerprint density at radius 3 is 2.68 bits per heavy atom. The molecule has 2 aliphatic heterocycles. The lowest BCUT2D eigenvalue weighted by molar-refractivity contribution is -0.106. The maximum absolute atomic E-state index is 12.7. The zero-order valence-corrected chi connectivity index (χ0v) is 17.8. The van der Waals surface area contributed by atoms with Crippen molar-refractivity contribution in [1.29, 1.82) is 0 Å². The lowest BCUT2D eigenvalue weighted by Crippen LogP contribution is -2.23. The molecule has 3 heterocycles. The summed E-state index contributed by atoms with van der Waals surface area (Å²) in [5.74, 6) is 0.0143. The first-order valence-corrected chi connectivity index (χ1v) is 10.8. The van der Waals surface area contributed by atoms with Crippen molar-refractivity contribution in [3.63, 3.8) is 0 Å². The minimum absolute atomic E-state index is 0.0143. The van der Waals surface area contributed by atoms with Gasteiger partial charge in [0.25, 0.3) is 5.91 Å². The van der Waals surface area contributed by atoms with Crippen LogP contribution in [0, 0.1) is 0 Å². The van der Waals surface area contributed by atoms with Gasteiger partial charge in [0.2, 0.25) is 6.41 Å². The van der Waals surface area contributed by atoms with Crippen LogP contribution in [0.1, 0.15) is 53.0 Å². The standard InChI is InChI=1S/C23H26N4O.CH3NO/c1-2-24-15-9-10-16-18(13-15)22(26-23(16)28)21-17-7-3-4-8-19(17)25-20(21)14-27-11-5-6-12-27;2-1-3/h3-4,7-10,13,22,24-25H,2,5-6,11-12,14H2,1H3,(H,26,28);1H,(H2,2,3). The van der Waals surface area contributed by atoms with Gasteiger partial charge in [0.05, 0.1) is 6.04 Å². The Morgan fingerprint density at radius 1 is 1.19 bits per heavy atom. The number of hydrogen-bond donors (Lipinski definition) is 4. The topological polar surface area (TPSA) is 103 Å². The van der Waals surface area contributed by atoms with E-state index in [0.29, 0.717) is 0 Å². The first kappa shape index (κ1) is 20.9. The van der Waals surface area contributed by atoms with Gasteiger partial charge in [-0.25, -0.2) is 0 Å². The van der Waals surface area contributed by atoms with Crippen molar-refractivity contribution in [2.45, 2.75) is 32.4 Å². The summed E-state index contributed by atoms with van der Waals surface area (Å²) < 4.78 is 0. The Kier molecular flexibility index (Phi) is 6.23. The molecule has 0 bridgehead atoms. The summed E-state index contributed by atoms with van der Waals surface area (Å²) in [6.07, 6.45) is 2.79. The van der Waals surface area contributed by atoms with Crippen LogP contribution in [0.2, 0.25) is 0 Å². The number of rotatable bonds is 5. The molecular formula is C24H29N5O2. The molecule has 1 aromatic heterocycles. The van der Waals surface area contributed by atoms with E-state index in [2.05, 4.69) is 63.5 Å². The minimum Gasteiger partial charge on any atom is -0.385 e. The minimum atomic E-state index is -0.116. The molecule has 1 saturated heterocycles. The molecule has 0 saturated carbocycles. The quantitative estimate of drug-likeness (QED) is 0.477. The van der Waals surface area contributed by atoms with Crippen LogP contribution in [0.25, 0.3) is 10.9 Å². The lowest BCUT2D eigenvalue weighted by atomic mass is 9.95. The van der Waals surface area contributed by atoms with E-state index in [0.717, 1.165) is 48.5 Å². The van der Waals surface area contributed by atoms with Gasteiger partial charge in [-0.1, -0.05) is 18.2 Å². The van der Waals surface area contributed by atoms with Crippen molar-refractivity contribution in [2.24, 2.45) is 5.73 Å². The van der Waals surface area contributed by atoms with Gasteiger partial charge in [-0.15, -0.1) is 0 Å². The van der Waals surface area contributed by atoms with E-state index in [9.17, 15) is 4.79 Å². The first-order valence-electron chi connectivity index (χ1n) is 10.8. The summed E-state index contributed by atoms with van der Waals surface area (Å²) >= 11 is 0. The van der Waals surface area contributed by atoms with Crippen molar-refractivity contribution in [3.8, 4) is 0 Å². The Balaban J connectivity index is 0.000000730. The highest BCUT2D eigenvalue weighted by atomic mass is 16.2. The number of nitrogens with zero attached hydrogens (tertiary/aromatic N) is 1. The maximum atomic E-state index is 12.7. The number of H-pyrrole nitrogens is 1. The van der Waals surface area contributed by atoms with E-state index < -0.39 is 0 Å². The molecule has 31 heavy (non-hydrogen) atoms. The Labute approximate surface area is 182 Å². The highest BCUT2D eigenvalue weighted by Crippen LogP contribution is 2.38. The van der Waals surface area contributed by atoms with Crippen molar-refractivity contribution in [2.75, 3.05) is 25.0 Å². The molecule has 3 aromatic rings. The number of carbonyl (C=O) groups is 2. The number of para-hydroxylation sites is 1. The van der Waals surface area contributed by atoms with Gasteiger partial charge in [-0.2, -0.15) is 0 Å². The van der Waals surface area contributed by atoms with Crippen molar-refractivity contribution < 1.29 is 9.59 Å². The van der Waals surface area contributed by atoms with Crippen LogP contribution in [0.4, 0.5) is 5.69 Å². The highest BCUT2D eigenvalue weighted by molar-refractivity contribution is 6.01. The van der Waals surface area contributed by atoms with Gasteiger partial charge in [-0.05, 0) is 62.7 Å². The number of amides is 2. The third-order valence-corrected chi connectivity index (χ3v) is 5.96. The fourth-order valence-corrected chi connectivity index (χ4v) is 4.67. The molecule has 162 valence electrons. The van der Waals surface area contributed by atoms with Crippen molar-refractivity contribution in [3.05, 3.63) is 64.8 Å². The Bertz CT molecular complexity index is 1080. The van der Waals surface area contributed by atoms with Crippen LogP contribution in [0.5, 0.6) is 0 Å². The van der Waals surface area contributed by atoms with Gasteiger partial charge < -0.3 is 21.4 Å². The average Bonchev–Trinajstić information content (AvgIpc) is 3.47. The number of nitrogens with one attached hydrogen (secondary N) is 3. The van der Waals surface area contributed by atoms with Gasteiger partial charge in [0, 0.05) is 46.5 Å². The number of aromatic nitrogens is 1. The number of aromatic amines is 1. The second-order valence-corrected chi connectivity index (χ2v) is 7.92. The number of hydrogen-bond acceptors (Lipinski definition) is 4. The molecule has 2 aliphatic rings. The van der Waals surface area contributed by atoms with Gasteiger partial charge in [0.1, 0.15) is 0 Å². The average molecular weight is 420 g/mol. The predicted molar refractivity (Wildman–Crippen MR) is 123 cm³/mol. The summed E-state index contributed by atoms with van der Waals surface area (Å²) in [4.78, 5) is 27.4. The molecule has 0 spiro atoms. The molecule has 7 nitrogen and oxygen atoms in total. The van der Waals surface area contributed by atoms with E-state index in [4.69, 9.17) is 4.79 Å². The fourth-order valence-electron chi connectivity index (χ4n) is 4.67. The Hall–Kier alpha value is -3.32. The number of anilines is 1. The summed E-state index contributed by atoms with van der Waals surface area (Å²) in [7, 11) is 0. The normalized spacial score (nSPS) is 17.7. The first-order chi connectivity index (χ1) is 15.2. The molecule has 2 amide bonds. The molecule has 7 heteroatoms. The van der Waals surface area contributed by atoms with Crippen molar-refractivity contribution in [1.82, 2.24) is 15.2 Å². The number of carbonyl (C=O) groups excluding carboxylic acids is 2. The smallest absolute Gasteiger partial charge is 0.252 e. The second-order valence-electron chi connectivity index (χ2n) is 7.92. The van der Waals surface area contributed by atoms with Crippen LogP contribution >= 0.6 is 0 Å². The summed E-state index contributed by atoms with van der Waals surface area (Å²) in [6.45, 7) is 6.14. The monoisotopic (exact) mass is 419 g/mol. The third kappa shape index (κ3) is 4.14. The molecule has 5 rings (SSSR count). The maximum Gasteiger partial charge on any atom is 0.252 e. The van der Waals surface area contributed by atoms with E-state index in [1.807, 2.05) is 12.1 Å². The largest absolute Gasteiger partial charge is 0.385 e. The van der Waals surface area contributed by atoms with E-state index in [1.54, 1.807) is 0 Å². The molecular weight excluding hydrogens is 390 g/mol. The summed E-state index contributed by atoms with van der Waals surface area (Å²) in [6, 6.07) is 14.4. The van der Waals surface area contributed by atoms with Crippen LogP contribution in [0.15, 0.2) is 42.5 Å². The van der Waals surface area contributed by atoms with Crippen molar-refractivity contribution >= 4 is 28.9 Å². The van der Waals surface area contributed by atoms with E-state index >= 15 is 0 Å². The molecule has 1 unspecified atom stereocenters. The summed E-state index contributed by atoms with van der Waals surface area (Å²) in [5.41, 5.74) is 10.6. The van der Waals surface area contributed by atoms with Crippen LogP contribution < -0.4 is 16.4 Å². The number of benzene rings is 2. The van der Waals surface area contributed by atoms with Gasteiger partial charge in [0.15, 0.2) is 0 Å². The second kappa shape index (κ2) is 9.22. The molecule has 1 atom stereocenters. The molecule has 5 N–H and O–H groups in total. The van der Waals surface area contributed by atoms with E-state index in [1.165, 1.54) is 29.5 Å². The molecule has 2 aromatic carbocycles. The van der Waals surface area contributed by atoms with Gasteiger partial charge in [-0.3, -0.25) is 14.5 Å². The van der Waals surface area contributed by atoms with E-state index in [-0.39, 0.29) is 18.4 Å². The zero-order chi connectivity index (χ0) is 21.8. The van der Waals surface area contributed by atoms with Crippen LogP contribution in [-0.2, 0) is 11.3 Å². The number of fused-ring (bicyclic) bond motifs is 2. The van der Waals surface area contributed by atoms with Crippen LogP contribution in [-0.4, -0.2) is 41.8 Å². The fraction of sp³-hybridized carbons (Fsp3) is 0.333. The Morgan fingerprint density at radius 2 is 1.94 bits per heavy atom. The molecule has 1 fully saturated rings. The zero-order valence-electron chi connectivity index (χ0n) is 17.8. The molecule has 0 radical (unpaired) electrons. The predicted octanol–water partition coefficient (Wildman–Crippen LogP) is 3.13. The number of nitrogens with two attached hydrogens (primary N) is 1.